The van der Waals surface area contributed by atoms with Gasteiger partial charge in [-0.25, -0.2) is 9.37 Å². The van der Waals surface area contributed by atoms with E-state index in [1.165, 1.54) is 6.07 Å². The molecule has 0 radical (unpaired) electrons. The number of hydrogen-bond acceptors (Lipinski definition) is 4. The molecular weight excluding hydrogens is 378 g/mol. The van der Waals surface area contributed by atoms with Crippen LogP contribution in [0.3, 0.4) is 0 Å². The first kappa shape index (κ1) is 18.3. The van der Waals surface area contributed by atoms with Crippen molar-refractivity contribution in [2.24, 2.45) is 0 Å². The van der Waals surface area contributed by atoms with E-state index in [2.05, 4.69) is 20.2 Å². The van der Waals surface area contributed by atoms with Crippen molar-refractivity contribution in [3.05, 3.63) is 63.2 Å². The summed E-state index contributed by atoms with van der Waals surface area (Å²) in [6, 6.07) is 3.83. The van der Waals surface area contributed by atoms with Gasteiger partial charge in [0.25, 0.3) is 5.56 Å². The van der Waals surface area contributed by atoms with E-state index in [1.807, 2.05) is 0 Å². The van der Waals surface area contributed by atoms with Crippen molar-refractivity contribution in [3.8, 4) is 11.5 Å². The maximum absolute atomic E-state index is 14.5. The van der Waals surface area contributed by atoms with Gasteiger partial charge in [0.15, 0.2) is 5.82 Å². The summed E-state index contributed by atoms with van der Waals surface area (Å²) in [5.41, 5.74) is -0.882. The molecule has 3 heterocycles. The minimum atomic E-state index is -4.61. The SMILES string of the molecule is Cc1nc(-c2nnc3n2CCCC3c2ccc(C(F)(F)F)cc2F)cc(=O)[nH]1. The highest BCUT2D eigenvalue weighted by Gasteiger charge is 2.34. The molecule has 0 saturated carbocycles. The predicted octanol–water partition coefficient (Wildman–Crippen LogP) is 3.42. The summed E-state index contributed by atoms with van der Waals surface area (Å²) in [4.78, 5) is 18.5. The molecule has 10 heteroatoms. The van der Waals surface area contributed by atoms with E-state index in [0.29, 0.717) is 48.6 Å². The van der Waals surface area contributed by atoms with Gasteiger partial charge in [-0.15, -0.1) is 10.2 Å². The molecule has 6 nitrogen and oxygen atoms in total. The summed E-state index contributed by atoms with van der Waals surface area (Å²) in [6.45, 7) is 2.18. The molecule has 0 bridgehead atoms. The lowest BCUT2D eigenvalue weighted by atomic mass is 9.90. The zero-order valence-corrected chi connectivity index (χ0v) is 14.7. The molecular formula is C18H15F4N5O. The molecule has 1 aliphatic heterocycles. The topological polar surface area (TPSA) is 76.5 Å². The highest BCUT2D eigenvalue weighted by Crippen LogP contribution is 2.37. The van der Waals surface area contributed by atoms with Gasteiger partial charge in [0, 0.05) is 18.5 Å². The number of nitrogens with one attached hydrogen (secondary N) is 1. The molecule has 3 aromatic rings. The summed E-state index contributed by atoms with van der Waals surface area (Å²) < 4.78 is 54.6. The van der Waals surface area contributed by atoms with Gasteiger partial charge in [0.1, 0.15) is 23.2 Å². The van der Waals surface area contributed by atoms with Crippen LogP contribution < -0.4 is 5.56 Å². The molecule has 0 aliphatic carbocycles. The summed E-state index contributed by atoms with van der Waals surface area (Å²) in [5.74, 6) is -0.217. The zero-order chi connectivity index (χ0) is 20.1. The second kappa shape index (κ2) is 6.54. The maximum Gasteiger partial charge on any atom is 0.416 e. The van der Waals surface area contributed by atoms with Gasteiger partial charge in [0.05, 0.1) is 5.56 Å². The number of aromatic amines is 1. The van der Waals surface area contributed by atoms with Crippen LogP contribution in [-0.2, 0) is 12.7 Å². The molecule has 2 aromatic heterocycles. The average molecular weight is 393 g/mol. The van der Waals surface area contributed by atoms with Crippen LogP contribution in [0.25, 0.3) is 11.5 Å². The predicted molar refractivity (Wildman–Crippen MR) is 91.1 cm³/mol. The lowest BCUT2D eigenvalue weighted by Gasteiger charge is -2.24. The van der Waals surface area contributed by atoms with Crippen molar-refractivity contribution in [3.63, 3.8) is 0 Å². The fraction of sp³-hybridized carbons (Fsp3) is 0.333. The van der Waals surface area contributed by atoms with Crippen LogP contribution in [0.4, 0.5) is 17.6 Å². The molecule has 0 fully saturated rings. The molecule has 1 aliphatic rings. The number of rotatable bonds is 2. The molecule has 0 amide bonds. The smallest absolute Gasteiger partial charge is 0.311 e. The average Bonchev–Trinajstić information content (AvgIpc) is 3.04. The zero-order valence-electron chi connectivity index (χ0n) is 14.7. The normalized spacial score (nSPS) is 16.8. The van der Waals surface area contributed by atoms with Crippen molar-refractivity contribution < 1.29 is 17.6 Å². The summed E-state index contributed by atoms with van der Waals surface area (Å²) in [5, 5.41) is 8.24. The Morgan fingerprint density at radius 3 is 2.68 bits per heavy atom. The lowest BCUT2D eigenvalue weighted by Crippen LogP contribution is -2.19. The molecule has 146 valence electrons. The third-order valence-electron chi connectivity index (χ3n) is 4.76. The number of hydrogen-bond donors (Lipinski definition) is 1. The van der Waals surface area contributed by atoms with Crippen LogP contribution in [0.2, 0.25) is 0 Å². The molecule has 28 heavy (non-hydrogen) atoms. The Hall–Kier alpha value is -3.04. The van der Waals surface area contributed by atoms with E-state index in [-0.39, 0.29) is 11.1 Å². The summed E-state index contributed by atoms with van der Waals surface area (Å²) in [6.07, 6.45) is -3.42. The number of alkyl halides is 3. The number of halogens is 4. The highest BCUT2D eigenvalue weighted by molar-refractivity contribution is 5.50. The first-order valence-corrected chi connectivity index (χ1v) is 8.62. The van der Waals surface area contributed by atoms with Gasteiger partial charge in [-0.05, 0) is 37.5 Å². The van der Waals surface area contributed by atoms with E-state index >= 15 is 0 Å². The molecule has 0 spiro atoms. The van der Waals surface area contributed by atoms with Gasteiger partial charge >= 0.3 is 6.18 Å². The van der Waals surface area contributed by atoms with E-state index in [0.717, 1.165) is 12.1 Å². The van der Waals surface area contributed by atoms with Crippen molar-refractivity contribution in [1.29, 1.82) is 0 Å². The van der Waals surface area contributed by atoms with Gasteiger partial charge < -0.3 is 9.55 Å². The van der Waals surface area contributed by atoms with Crippen LogP contribution in [0.5, 0.6) is 0 Å². The molecule has 1 N–H and O–H groups in total. The van der Waals surface area contributed by atoms with Crippen LogP contribution in [0, 0.1) is 12.7 Å². The fourth-order valence-corrected chi connectivity index (χ4v) is 3.54. The van der Waals surface area contributed by atoms with Crippen LogP contribution >= 0.6 is 0 Å². The van der Waals surface area contributed by atoms with Crippen LogP contribution in [-0.4, -0.2) is 24.7 Å². The number of aromatic nitrogens is 5. The minimum absolute atomic E-state index is 0.142. The van der Waals surface area contributed by atoms with Crippen molar-refractivity contribution in [2.45, 2.75) is 38.4 Å². The Kier molecular flexibility index (Phi) is 4.28. The lowest BCUT2D eigenvalue weighted by molar-refractivity contribution is -0.137. The van der Waals surface area contributed by atoms with Crippen LogP contribution in [0.1, 0.15) is 41.5 Å². The number of fused-ring (bicyclic) bond motifs is 1. The van der Waals surface area contributed by atoms with Gasteiger partial charge in [0.2, 0.25) is 0 Å². The standard InChI is InChI=1S/C18H15F4N5O/c1-9-23-14(8-15(28)24-9)17-26-25-16-12(3-2-6-27(16)17)11-5-4-10(7-13(11)19)18(20,21)22/h4-5,7-8,12H,2-3,6H2,1H3,(H,23,24,28). The maximum atomic E-state index is 14.5. The number of benzene rings is 1. The summed E-state index contributed by atoms with van der Waals surface area (Å²) in [7, 11) is 0. The van der Waals surface area contributed by atoms with Gasteiger partial charge in [-0.2, -0.15) is 13.2 Å². The van der Waals surface area contributed by atoms with E-state index < -0.39 is 23.5 Å². The van der Waals surface area contributed by atoms with Crippen LogP contribution in [0.15, 0.2) is 29.1 Å². The second-order valence-corrected chi connectivity index (χ2v) is 6.68. The molecule has 1 unspecified atom stereocenters. The molecule has 0 saturated heterocycles. The quantitative estimate of drug-likeness (QED) is 0.677. The van der Waals surface area contributed by atoms with Gasteiger partial charge in [-0.3, -0.25) is 4.79 Å². The number of nitrogens with zero attached hydrogens (tertiary/aromatic N) is 4. The van der Waals surface area contributed by atoms with Crippen molar-refractivity contribution in [2.75, 3.05) is 0 Å². The third kappa shape index (κ3) is 3.19. The Morgan fingerprint density at radius 1 is 1.21 bits per heavy atom. The van der Waals surface area contributed by atoms with E-state index in [1.54, 1.807) is 11.5 Å². The first-order valence-electron chi connectivity index (χ1n) is 8.62. The Bertz CT molecular complexity index is 1100. The highest BCUT2D eigenvalue weighted by atomic mass is 19.4. The minimum Gasteiger partial charge on any atom is -0.311 e. The van der Waals surface area contributed by atoms with Gasteiger partial charge in [-0.1, -0.05) is 6.07 Å². The van der Waals surface area contributed by atoms with E-state index in [4.69, 9.17) is 0 Å². The molecule has 4 rings (SSSR count). The summed E-state index contributed by atoms with van der Waals surface area (Å²) >= 11 is 0. The monoisotopic (exact) mass is 393 g/mol. The Morgan fingerprint density at radius 2 is 2.00 bits per heavy atom. The largest absolute Gasteiger partial charge is 0.416 e. The number of H-pyrrole nitrogens is 1. The molecule has 1 atom stereocenters. The fourth-order valence-electron chi connectivity index (χ4n) is 3.54. The third-order valence-corrected chi connectivity index (χ3v) is 4.76. The Balaban J connectivity index is 1.77. The van der Waals surface area contributed by atoms with Crippen molar-refractivity contribution in [1.82, 2.24) is 24.7 Å². The second-order valence-electron chi connectivity index (χ2n) is 6.68. The Labute approximate surface area is 156 Å². The number of aryl methyl sites for hydroxylation is 1. The van der Waals surface area contributed by atoms with E-state index in [9.17, 15) is 22.4 Å². The molecule has 1 aromatic carbocycles. The van der Waals surface area contributed by atoms with Crippen molar-refractivity contribution >= 4 is 0 Å². The first-order chi connectivity index (χ1) is 13.2.